The zero-order valence-electron chi connectivity index (χ0n) is 14.9. The Morgan fingerprint density at radius 2 is 1.79 bits per heavy atom. The topological polar surface area (TPSA) is 61.4 Å². The predicted molar refractivity (Wildman–Crippen MR) is 97.2 cm³/mol. The van der Waals surface area contributed by atoms with Gasteiger partial charge in [0, 0.05) is 30.7 Å². The summed E-state index contributed by atoms with van der Waals surface area (Å²) in [5.74, 6) is -0.164. The Kier molecular flexibility index (Phi) is 4.74. The highest BCUT2D eigenvalue weighted by Gasteiger charge is 2.59. The van der Waals surface area contributed by atoms with E-state index in [-0.39, 0.29) is 24.1 Å². The second kappa shape index (κ2) is 7.09. The third-order valence-electron chi connectivity index (χ3n) is 5.57. The minimum absolute atomic E-state index is 0.0469. The number of hydrogen-bond acceptors (Lipinski definition) is 3. The number of carbonyl (C=O) groups is 2. The normalized spacial score (nSPS) is 26.3. The van der Waals surface area contributed by atoms with Gasteiger partial charge in [0.25, 0.3) is 0 Å². The van der Waals surface area contributed by atoms with Crippen molar-refractivity contribution in [2.75, 3.05) is 25.0 Å². The minimum atomic E-state index is -4.48. The van der Waals surface area contributed by atoms with Crippen LogP contribution in [0, 0.1) is 17.8 Å². The molecule has 0 radical (unpaired) electrons. The van der Waals surface area contributed by atoms with Gasteiger partial charge in [0.15, 0.2) is 0 Å². The summed E-state index contributed by atoms with van der Waals surface area (Å²) in [5, 5.41) is 4.99. The molecule has 2 N–H and O–H groups in total. The molecular formula is C20H20F3N3O2. The summed E-state index contributed by atoms with van der Waals surface area (Å²) in [4.78, 5) is 26.6. The number of alkyl halides is 3. The molecule has 1 aliphatic heterocycles. The van der Waals surface area contributed by atoms with E-state index in [0.717, 1.165) is 25.2 Å². The van der Waals surface area contributed by atoms with Gasteiger partial charge in [0.2, 0.25) is 11.8 Å². The lowest BCUT2D eigenvalue weighted by atomic mass is 10.2. The molecule has 2 aliphatic carbocycles. The molecule has 0 bridgehead atoms. The molecule has 5 nitrogen and oxygen atoms in total. The molecule has 28 heavy (non-hydrogen) atoms. The quantitative estimate of drug-likeness (QED) is 0.811. The lowest BCUT2D eigenvalue weighted by Gasteiger charge is -2.23. The van der Waals surface area contributed by atoms with Crippen LogP contribution in [0.15, 0.2) is 48.6 Å². The molecule has 3 atom stereocenters. The number of hydrogen-bond donors (Lipinski definition) is 2. The van der Waals surface area contributed by atoms with Crippen LogP contribution in [0.5, 0.6) is 0 Å². The molecule has 1 saturated heterocycles. The second-order valence-electron chi connectivity index (χ2n) is 7.41. The Morgan fingerprint density at radius 1 is 1.11 bits per heavy atom. The zero-order valence-corrected chi connectivity index (χ0v) is 14.9. The SMILES string of the molecule is O=C(CNC(=O)C1C2CN(C3C=CC=C3)C[C@H]21)Nc1cccc(C(F)(F)F)c1. The van der Waals surface area contributed by atoms with E-state index in [1.807, 2.05) is 12.2 Å². The van der Waals surface area contributed by atoms with Crippen molar-refractivity contribution < 1.29 is 22.8 Å². The third kappa shape index (κ3) is 3.82. The lowest BCUT2D eigenvalue weighted by Crippen LogP contribution is -2.38. The first-order valence-electron chi connectivity index (χ1n) is 9.17. The molecule has 1 saturated carbocycles. The van der Waals surface area contributed by atoms with Crippen LogP contribution < -0.4 is 10.6 Å². The first-order chi connectivity index (χ1) is 13.3. The Labute approximate surface area is 160 Å². The molecule has 3 aliphatic rings. The molecule has 2 fully saturated rings. The van der Waals surface area contributed by atoms with E-state index in [2.05, 4.69) is 27.7 Å². The Morgan fingerprint density at radius 3 is 2.43 bits per heavy atom. The van der Waals surface area contributed by atoms with Gasteiger partial charge in [-0.1, -0.05) is 30.4 Å². The molecular weight excluding hydrogens is 371 g/mol. The van der Waals surface area contributed by atoms with Crippen LogP contribution in [0.2, 0.25) is 0 Å². The van der Waals surface area contributed by atoms with Crippen LogP contribution in [0.25, 0.3) is 0 Å². The molecule has 2 unspecified atom stereocenters. The van der Waals surface area contributed by atoms with Crippen molar-refractivity contribution in [1.82, 2.24) is 10.2 Å². The number of nitrogens with one attached hydrogen (secondary N) is 2. The van der Waals surface area contributed by atoms with Gasteiger partial charge in [0.1, 0.15) is 0 Å². The number of carbonyl (C=O) groups excluding carboxylic acids is 2. The van der Waals surface area contributed by atoms with Gasteiger partial charge in [0.05, 0.1) is 12.1 Å². The van der Waals surface area contributed by atoms with Gasteiger partial charge in [-0.3, -0.25) is 14.5 Å². The van der Waals surface area contributed by atoms with Crippen LogP contribution in [-0.2, 0) is 15.8 Å². The molecule has 2 amide bonds. The van der Waals surface area contributed by atoms with E-state index in [1.165, 1.54) is 12.1 Å². The summed E-state index contributed by atoms with van der Waals surface area (Å²) in [6.07, 6.45) is 3.80. The fourth-order valence-corrected chi connectivity index (χ4v) is 4.12. The Hall–Kier alpha value is -2.61. The number of allylic oxidation sites excluding steroid dienone is 2. The van der Waals surface area contributed by atoms with Crippen molar-refractivity contribution >= 4 is 17.5 Å². The maximum absolute atomic E-state index is 12.7. The van der Waals surface area contributed by atoms with Gasteiger partial charge in [-0.25, -0.2) is 0 Å². The van der Waals surface area contributed by atoms with Gasteiger partial charge >= 0.3 is 6.18 Å². The van der Waals surface area contributed by atoms with Crippen molar-refractivity contribution in [3.05, 3.63) is 54.1 Å². The summed E-state index contributed by atoms with van der Waals surface area (Å²) in [5.41, 5.74) is -0.790. The molecule has 1 heterocycles. The van der Waals surface area contributed by atoms with E-state index in [1.54, 1.807) is 0 Å². The van der Waals surface area contributed by atoms with Gasteiger partial charge in [-0.15, -0.1) is 0 Å². The van der Waals surface area contributed by atoms with E-state index in [4.69, 9.17) is 0 Å². The molecule has 0 aromatic heterocycles. The third-order valence-corrected chi connectivity index (χ3v) is 5.57. The number of nitrogens with zero attached hydrogens (tertiary/aromatic N) is 1. The monoisotopic (exact) mass is 391 g/mol. The average Bonchev–Trinajstić information content (AvgIpc) is 3.05. The van der Waals surface area contributed by atoms with Crippen molar-refractivity contribution in [2.24, 2.45) is 17.8 Å². The Balaban J connectivity index is 1.22. The number of amides is 2. The van der Waals surface area contributed by atoms with Crippen LogP contribution in [0.3, 0.4) is 0 Å². The van der Waals surface area contributed by atoms with Crippen LogP contribution in [0.4, 0.5) is 18.9 Å². The lowest BCUT2D eigenvalue weighted by molar-refractivity contribution is -0.137. The number of piperidine rings is 1. The maximum atomic E-state index is 12.7. The van der Waals surface area contributed by atoms with Crippen molar-refractivity contribution in [3.63, 3.8) is 0 Å². The zero-order chi connectivity index (χ0) is 19.9. The average molecular weight is 391 g/mol. The summed E-state index contributed by atoms with van der Waals surface area (Å²) < 4.78 is 38.1. The van der Waals surface area contributed by atoms with Crippen LogP contribution in [-0.4, -0.2) is 42.4 Å². The highest BCUT2D eigenvalue weighted by molar-refractivity contribution is 5.95. The first-order valence-corrected chi connectivity index (χ1v) is 9.17. The minimum Gasteiger partial charge on any atom is -0.347 e. The van der Waals surface area contributed by atoms with Crippen molar-refractivity contribution in [3.8, 4) is 0 Å². The Bertz CT molecular complexity index is 825. The standard InChI is InChI=1S/C20H20F3N3O2/c21-20(22,23)12-4-3-5-13(8-12)25-17(27)9-24-19(28)18-15-10-26(11-16(15)18)14-6-1-2-7-14/h1-8,14-16,18H,9-11H2,(H,24,28)(H,25,27)/t15-,16?,18?/m1/s1. The number of benzene rings is 1. The molecule has 1 aromatic carbocycles. The van der Waals surface area contributed by atoms with Crippen molar-refractivity contribution in [2.45, 2.75) is 12.2 Å². The fourth-order valence-electron chi connectivity index (χ4n) is 4.12. The van der Waals surface area contributed by atoms with E-state index in [0.29, 0.717) is 17.9 Å². The molecule has 8 heteroatoms. The first kappa shape index (κ1) is 18.7. The summed E-state index contributed by atoms with van der Waals surface area (Å²) >= 11 is 0. The summed E-state index contributed by atoms with van der Waals surface area (Å²) in [7, 11) is 0. The van der Waals surface area contributed by atoms with Crippen LogP contribution in [0.1, 0.15) is 5.56 Å². The van der Waals surface area contributed by atoms with E-state index < -0.39 is 17.6 Å². The van der Waals surface area contributed by atoms with Gasteiger partial charge in [-0.2, -0.15) is 13.2 Å². The van der Waals surface area contributed by atoms with E-state index >= 15 is 0 Å². The molecule has 1 aromatic rings. The van der Waals surface area contributed by atoms with Crippen molar-refractivity contribution in [1.29, 1.82) is 0 Å². The molecule has 148 valence electrons. The molecule has 0 spiro atoms. The number of rotatable bonds is 5. The van der Waals surface area contributed by atoms with Gasteiger partial charge in [-0.05, 0) is 30.0 Å². The number of fused-ring (bicyclic) bond motifs is 1. The fraction of sp³-hybridized carbons (Fsp3) is 0.400. The highest BCUT2D eigenvalue weighted by atomic mass is 19.4. The molecule has 4 rings (SSSR count). The van der Waals surface area contributed by atoms with Gasteiger partial charge < -0.3 is 10.6 Å². The number of anilines is 1. The largest absolute Gasteiger partial charge is 0.416 e. The maximum Gasteiger partial charge on any atom is 0.416 e. The predicted octanol–water partition coefficient (Wildman–Crippen LogP) is 2.43. The number of likely N-dealkylation sites (tertiary alicyclic amines) is 1. The van der Waals surface area contributed by atoms with Crippen LogP contribution >= 0.6 is 0 Å². The van der Waals surface area contributed by atoms with E-state index in [9.17, 15) is 22.8 Å². The number of halogens is 3. The second-order valence-corrected chi connectivity index (χ2v) is 7.41. The smallest absolute Gasteiger partial charge is 0.347 e. The summed E-state index contributed by atoms with van der Waals surface area (Å²) in [6, 6.07) is 4.72. The summed E-state index contributed by atoms with van der Waals surface area (Å²) in [6.45, 7) is 1.46. The highest BCUT2D eigenvalue weighted by Crippen LogP contribution is 2.52.